The largest absolute Gasteiger partial charge is 0.389 e. The summed E-state index contributed by atoms with van der Waals surface area (Å²) in [6.07, 6.45) is 4.01. The summed E-state index contributed by atoms with van der Waals surface area (Å²) in [6, 6.07) is 2.39. The van der Waals surface area contributed by atoms with Crippen LogP contribution < -0.4 is 16.0 Å². The molecular weight excluding hydrogens is 501 g/mol. The molecule has 184 valence electrons. The van der Waals surface area contributed by atoms with Crippen molar-refractivity contribution in [3.63, 3.8) is 0 Å². The van der Waals surface area contributed by atoms with E-state index in [1.165, 1.54) is 0 Å². The van der Waals surface area contributed by atoms with Gasteiger partial charge >= 0.3 is 0 Å². The third kappa shape index (κ3) is 3.34. The first-order chi connectivity index (χ1) is 17.4. The Labute approximate surface area is 215 Å². The van der Waals surface area contributed by atoms with E-state index >= 15 is 0 Å². The summed E-state index contributed by atoms with van der Waals surface area (Å²) in [5, 5.41) is 14.9. The van der Waals surface area contributed by atoms with Crippen LogP contribution in [0.5, 0.6) is 0 Å². The molecule has 2 atom stereocenters. The Hall–Kier alpha value is -3.10. The molecule has 3 aromatic heterocycles. The SMILES string of the molecule is CNC[C@H]1CCN(c2ncc3c4c(c(-c5ncc(F)c6sc(N)c(C#N)c56)c(Cl)c3n2)COC4)[C@H]1C. The van der Waals surface area contributed by atoms with E-state index in [4.69, 9.17) is 32.0 Å². The van der Waals surface area contributed by atoms with Crippen molar-refractivity contribution < 1.29 is 9.13 Å². The van der Waals surface area contributed by atoms with Gasteiger partial charge in [-0.2, -0.15) is 5.26 Å². The number of thiophene rings is 1. The van der Waals surface area contributed by atoms with Gasteiger partial charge < -0.3 is 20.7 Å². The van der Waals surface area contributed by atoms with Crippen LogP contribution in [-0.4, -0.2) is 41.1 Å². The number of rotatable bonds is 4. The van der Waals surface area contributed by atoms with Crippen molar-refractivity contribution in [1.29, 1.82) is 5.26 Å². The minimum Gasteiger partial charge on any atom is -0.389 e. The van der Waals surface area contributed by atoms with E-state index < -0.39 is 5.82 Å². The lowest BCUT2D eigenvalue weighted by Gasteiger charge is -2.25. The maximum atomic E-state index is 14.7. The number of pyridine rings is 1. The molecule has 0 unspecified atom stereocenters. The number of aromatic nitrogens is 3. The van der Waals surface area contributed by atoms with Gasteiger partial charge in [0.2, 0.25) is 5.95 Å². The summed E-state index contributed by atoms with van der Waals surface area (Å²) in [5.74, 6) is 0.592. The van der Waals surface area contributed by atoms with Gasteiger partial charge in [-0.3, -0.25) is 4.98 Å². The Balaban J connectivity index is 1.59. The topological polar surface area (TPSA) is 113 Å². The summed E-state index contributed by atoms with van der Waals surface area (Å²) < 4.78 is 20.8. The van der Waals surface area contributed by atoms with Gasteiger partial charge in [0.15, 0.2) is 5.82 Å². The first-order valence-electron chi connectivity index (χ1n) is 11.7. The number of nitrogens with two attached hydrogens (primary N) is 1. The molecular formula is C25H23ClFN7OS. The molecule has 1 fully saturated rings. The molecule has 36 heavy (non-hydrogen) atoms. The number of benzene rings is 1. The van der Waals surface area contributed by atoms with Crippen LogP contribution in [0.4, 0.5) is 15.3 Å². The molecule has 2 aliphatic heterocycles. The van der Waals surface area contributed by atoms with Gasteiger partial charge in [0.1, 0.15) is 11.1 Å². The third-order valence-corrected chi connectivity index (χ3v) is 8.77. The Bertz CT molecular complexity index is 1580. The number of hydrogen-bond donors (Lipinski definition) is 2. The second kappa shape index (κ2) is 8.78. The number of hydrogen-bond acceptors (Lipinski definition) is 9. The first kappa shape index (κ1) is 23.3. The molecule has 0 spiro atoms. The van der Waals surface area contributed by atoms with Crippen molar-refractivity contribution in [3.8, 4) is 17.3 Å². The summed E-state index contributed by atoms with van der Waals surface area (Å²) >= 11 is 8.11. The molecule has 2 aliphatic rings. The minimum absolute atomic E-state index is 0.200. The molecule has 8 nitrogen and oxygen atoms in total. The maximum absolute atomic E-state index is 14.7. The van der Waals surface area contributed by atoms with Crippen LogP contribution in [0.3, 0.4) is 0 Å². The number of nitrogens with one attached hydrogen (secondary N) is 1. The zero-order chi connectivity index (χ0) is 25.1. The molecule has 0 saturated carbocycles. The molecule has 0 aliphatic carbocycles. The number of nitrogen functional groups attached to an aromatic ring is 1. The van der Waals surface area contributed by atoms with E-state index in [1.807, 2.05) is 13.2 Å². The molecule has 3 N–H and O–H groups in total. The number of fused-ring (bicyclic) bond motifs is 4. The normalized spacial score (nSPS) is 19.4. The van der Waals surface area contributed by atoms with Crippen molar-refractivity contribution in [1.82, 2.24) is 20.3 Å². The number of nitrogens with zero attached hydrogens (tertiary/aromatic N) is 5. The molecule has 0 amide bonds. The van der Waals surface area contributed by atoms with Crippen LogP contribution >= 0.6 is 22.9 Å². The molecule has 1 aromatic carbocycles. The highest BCUT2D eigenvalue weighted by molar-refractivity contribution is 7.23. The van der Waals surface area contributed by atoms with Gasteiger partial charge in [0, 0.05) is 35.1 Å². The van der Waals surface area contributed by atoms with E-state index in [2.05, 4.69) is 28.2 Å². The quantitative estimate of drug-likeness (QED) is 0.398. The second-order valence-corrected chi connectivity index (χ2v) is 10.7. The van der Waals surface area contributed by atoms with E-state index in [1.54, 1.807) is 0 Å². The Kier molecular flexibility index (Phi) is 5.68. The van der Waals surface area contributed by atoms with Crippen molar-refractivity contribution in [3.05, 3.63) is 39.9 Å². The molecule has 6 rings (SSSR count). The van der Waals surface area contributed by atoms with E-state index in [0.717, 1.165) is 53.6 Å². The average Bonchev–Trinajstić information content (AvgIpc) is 3.58. The average molecular weight is 524 g/mol. The highest BCUT2D eigenvalue weighted by Gasteiger charge is 2.33. The molecule has 0 radical (unpaired) electrons. The number of ether oxygens (including phenoxy) is 1. The Morgan fingerprint density at radius 3 is 2.92 bits per heavy atom. The zero-order valence-electron chi connectivity index (χ0n) is 19.7. The fourth-order valence-corrected chi connectivity index (χ4v) is 6.77. The van der Waals surface area contributed by atoms with Crippen LogP contribution in [0, 0.1) is 23.1 Å². The molecule has 11 heteroatoms. The van der Waals surface area contributed by atoms with E-state index in [-0.39, 0.29) is 21.3 Å². The summed E-state index contributed by atoms with van der Waals surface area (Å²) in [5.41, 5.74) is 9.65. The van der Waals surface area contributed by atoms with Crippen molar-refractivity contribution in [2.75, 3.05) is 30.8 Å². The number of anilines is 2. The monoisotopic (exact) mass is 523 g/mol. The van der Waals surface area contributed by atoms with Gasteiger partial charge in [-0.05, 0) is 44.0 Å². The second-order valence-electron chi connectivity index (χ2n) is 9.22. The van der Waals surface area contributed by atoms with Gasteiger partial charge in [0.25, 0.3) is 0 Å². The minimum atomic E-state index is -0.527. The number of nitriles is 1. The lowest BCUT2D eigenvalue weighted by molar-refractivity contribution is 0.135. The molecule has 4 aromatic rings. The fourth-order valence-electron chi connectivity index (χ4n) is 5.50. The molecule has 0 bridgehead atoms. The predicted octanol–water partition coefficient (Wildman–Crippen LogP) is 4.62. The molecule has 5 heterocycles. The molecule has 1 saturated heterocycles. The van der Waals surface area contributed by atoms with Gasteiger partial charge in [-0.15, -0.1) is 11.3 Å². The Morgan fingerprint density at radius 1 is 1.33 bits per heavy atom. The highest BCUT2D eigenvalue weighted by atomic mass is 35.5. The smallest absolute Gasteiger partial charge is 0.226 e. The van der Waals surface area contributed by atoms with Crippen LogP contribution in [0.15, 0.2) is 12.4 Å². The standard InChI is InChI=1S/C25H23ClFN7OS/c1-11-12(6-30-2)3-4-34(11)25-32-7-14-15-9-35-10-16(15)18(20(26)21(14)33-25)22-19-13(5-28)24(29)36-23(19)17(27)8-31-22/h7-8,11-12,30H,3-4,6,9-10,29H2,1-2H3/t11-,12+/m0/s1. The Morgan fingerprint density at radius 2 is 2.14 bits per heavy atom. The fraction of sp³-hybridized carbons (Fsp3) is 0.360. The summed E-state index contributed by atoms with van der Waals surface area (Å²) in [7, 11) is 1.96. The van der Waals surface area contributed by atoms with Crippen LogP contribution in [-0.2, 0) is 18.0 Å². The lowest BCUT2D eigenvalue weighted by Crippen LogP contribution is -2.34. The van der Waals surface area contributed by atoms with E-state index in [0.29, 0.717) is 52.3 Å². The van der Waals surface area contributed by atoms with Gasteiger partial charge in [-0.25, -0.2) is 14.4 Å². The summed E-state index contributed by atoms with van der Waals surface area (Å²) in [6.45, 7) is 4.68. The first-order valence-corrected chi connectivity index (χ1v) is 12.9. The number of halogens is 2. The van der Waals surface area contributed by atoms with Gasteiger partial charge in [-0.1, -0.05) is 11.6 Å². The zero-order valence-corrected chi connectivity index (χ0v) is 21.3. The van der Waals surface area contributed by atoms with Crippen LogP contribution in [0.2, 0.25) is 5.02 Å². The summed E-state index contributed by atoms with van der Waals surface area (Å²) in [4.78, 5) is 16.3. The highest BCUT2D eigenvalue weighted by Crippen LogP contribution is 2.47. The van der Waals surface area contributed by atoms with Crippen molar-refractivity contribution in [2.45, 2.75) is 32.6 Å². The maximum Gasteiger partial charge on any atom is 0.226 e. The van der Waals surface area contributed by atoms with Crippen LogP contribution in [0.1, 0.15) is 30.0 Å². The predicted molar refractivity (Wildman–Crippen MR) is 140 cm³/mol. The van der Waals surface area contributed by atoms with Gasteiger partial charge in [0.05, 0.1) is 45.9 Å². The lowest BCUT2D eigenvalue weighted by atomic mass is 9.94. The van der Waals surface area contributed by atoms with Crippen molar-refractivity contribution in [2.24, 2.45) is 5.92 Å². The third-order valence-electron chi connectivity index (χ3n) is 7.37. The van der Waals surface area contributed by atoms with Crippen LogP contribution in [0.25, 0.3) is 32.2 Å². The van der Waals surface area contributed by atoms with E-state index in [9.17, 15) is 9.65 Å². The van der Waals surface area contributed by atoms with Crippen molar-refractivity contribution >= 4 is 54.9 Å².